The zero-order valence-electron chi connectivity index (χ0n) is 13.5. The molecule has 6 nitrogen and oxygen atoms in total. The predicted octanol–water partition coefficient (Wildman–Crippen LogP) is 4.54. The molecule has 2 aliphatic rings. The summed E-state index contributed by atoms with van der Waals surface area (Å²) in [5.41, 5.74) is 3.16. The molecule has 3 aromatic rings. The summed E-state index contributed by atoms with van der Waals surface area (Å²) < 4.78 is 8.89. The Morgan fingerprint density at radius 3 is 2.96 bits per heavy atom. The zero-order chi connectivity index (χ0) is 17.0. The van der Waals surface area contributed by atoms with Crippen LogP contribution in [0.15, 0.2) is 22.9 Å². The molecule has 130 valence electrons. The first-order chi connectivity index (χ1) is 12.2. The third-order valence-electron chi connectivity index (χ3n) is 5.23. The summed E-state index contributed by atoms with van der Waals surface area (Å²) in [6.07, 6.45) is 8.02. The van der Waals surface area contributed by atoms with E-state index in [1.165, 1.54) is 6.42 Å². The van der Waals surface area contributed by atoms with Gasteiger partial charge in [0, 0.05) is 27.4 Å². The maximum absolute atomic E-state index is 6.68. The van der Waals surface area contributed by atoms with Crippen LogP contribution in [0.25, 0.3) is 10.9 Å². The van der Waals surface area contributed by atoms with Crippen LogP contribution in [0.3, 0.4) is 0 Å². The number of aromatic amines is 1. The van der Waals surface area contributed by atoms with Gasteiger partial charge in [0.05, 0.1) is 23.6 Å². The maximum atomic E-state index is 6.68. The van der Waals surface area contributed by atoms with Crippen LogP contribution < -0.4 is 0 Å². The molecule has 5 rings (SSSR count). The molecule has 1 aromatic carbocycles. The normalized spacial score (nSPS) is 26.2. The van der Waals surface area contributed by atoms with Gasteiger partial charge in [0.15, 0.2) is 6.23 Å². The maximum Gasteiger partial charge on any atom is 0.150 e. The first kappa shape index (κ1) is 15.8. The number of hydrogen-bond acceptors (Lipinski definition) is 4. The highest BCUT2D eigenvalue weighted by molar-refractivity contribution is 9.10. The molecule has 1 saturated heterocycles. The van der Waals surface area contributed by atoms with Gasteiger partial charge in [0.2, 0.25) is 0 Å². The minimum atomic E-state index is 0.00358. The Morgan fingerprint density at radius 1 is 1.28 bits per heavy atom. The lowest BCUT2D eigenvalue weighted by molar-refractivity contribution is -0.0366. The number of hydrogen-bond donors (Lipinski definition) is 1. The van der Waals surface area contributed by atoms with E-state index in [0.717, 1.165) is 57.5 Å². The molecule has 2 aromatic heterocycles. The summed E-state index contributed by atoms with van der Waals surface area (Å²) in [5.74, 6) is 0.743. The summed E-state index contributed by atoms with van der Waals surface area (Å²) in [5, 5.41) is 17.3. The Morgan fingerprint density at radius 2 is 2.20 bits per heavy atom. The molecule has 1 aliphatic carbocycles. The van der Waals surface area contributed by atoms with E-state index in [0.29, 0.717) is 11.8 Å². The molecule has 0 bridgehead atoms. The molecule has 2 fully saturated rings. The van der Waals surface area contributed by atoms with Crippen LogP contribution in [-0.4, -0.2) is 31.8 Å². The van der Waals surface area contributed by atoms with Crippen LogP contribution in [0.5, 0.6) is 0 Å². The zero-order valence-corrected chi connectivity index (χ0v) is 15.8. The number of nitrogens with zero attached hydrogens (tertiary/aromatic N) is 4. The number of rotatable bonds is 3. The third-order valence-corrected chi connectivity index (χ3v) is 6.40. The summed E-state index contributed by atoms with van der Waals surface area (Å²) in [4.78, 5) is 0. The average Bonchev–Trinajstić information content (AvgIpc) is 3.05. The molecule has 1 unspecified atom stereocenters. The van der Waals surface area contributed by atoms with Gasteiger partial charge in [-0.3, -0.25) is 0 Å². The fourth-order valence-corrected chi connectivity index (χ4v) is 5.11. The second-order valence-electron chi connectivity index (χ2n) is 6.77. The number of nitrogens with one attached hydrogen (secondary N) is 1. The van der Waals surface area contributed by atoms with Gasteiger partial charge in [-0.15, -0.1) is 0 Å². The van der Waals surface area contributed by atoms with E-state index in [9.17, 15) is 0 Å². The topological polar surface area (TPSA) is 68.6 Å². The van der Waals surface area contributed by atoms with Gasteiger partial charge in [0.25, 0.3) is 0 Å². The molecule has 8 heteroatoms. The minimum absolute atomic E-state index is 0.00358. The molecule has 3 heterocycles. The van der Waals surface area contributed by atoms with Crippen LogP contribution in [0.1, 0.15) is 55.0 Å². The number of ether oxygens (including phenoxy) is 1. The summed E-state index contributed by atoms with van der Waals surface area (Å²) in [6, 6.07) is 2.03. The quantitative estimate of drug-likeness (QED) is 0.673. The molecule has 0 spiro atoms. The van der Waals surface area contributed by atoms with E-state index in [4.69, 9.17) is 16.3 Å². The Kier molecular flexibility index (Phi) is 3.83. The van der Waals surface area contributed by atoms with Crippen LogP contribution in [0.4, 0.5) is 0 Å². The Hall–Kier alpha value is -1.44. The highest BCUT2D eigenvalue weighted by atomic mass is 79.9. The van der Waals surface area contributed by atoms with Crippen LogP contribution >= 0.6 is 27.5 Å². The van der Waals surface area contributed by atoms with Crippen LogP contribution in [0.2, 0.25) is 5.02 Å². The van der Waals surface area contributed by atoms with Crippen LogP contribution in [0, 0.1) is 0 Å². The van der Waals surface area contributed by atoms with Crippen molar-refractivity contribution in [3.05, 3.63) is 39.2 Å². The Labute approximate surface area is 158 Å². The predicted molar refractivity (Wildman–Crippen MR) is 97.8 cm³/mol. The summed E-state index contributed by atoms with van der Waals surface area (Å²) in [6.45, 7) is 0.792. The van der Waals surface area contributed by atoms with Crippen molar-refractivity contribution in [3.63, 3.8) is 0 Å². The lowest BCUT2D eigenvalue weighted by Gasteiger charge is -2.23. The van der Waals surface area contributed by atoms with Gasteiger partial charge < -0.3 is 4.74 Å². The summed E-state index contributed by atoms with van der Waals surface area (Å²) >= 11 is 10.5. The highest BCUT2D eigenvalue weighted by Crippen LogP contribution is 2.58. The number of H-pyrrole nitrogens is 1. The molecular formula is C17H17BrClN5O. The van der Waals surface area contributed by atoms with Crippen molar-refractivity contribution < 1.29 is 4.74 Å². The minimum Gasteiger partial charge on any atom is -0.356 e. The van der Waals surface area contributed by atoms with Gasteiger partial charge in [-0.1, -0.05) is 11.6 Å². The molecule has 25 heavy (non-hydrogen) atoms. The summed E-state index contributed by atoms with van der Waals surface area (Å²) in [7, 11) is 0. The standard InChI is InChI=1S/C17H17BrClN5O/c18-17-11-7-21-24(15-3-1-2-4-25-15)14(11)6-12(19)16(17)10-5-9(10)13-8-20-23-22-13/h6-10,15H,1-5H2,(H,20,22,23)/t9-,10+,15?/m1/s1. The number of fused-ring (bicyclic) bond motifs is 1. The molecule has 3 atom stereocenters. The van der Waals surface area contributed by atoms with E-state index in [1.807, 2.05) is 16.9 Å². The van der Waals surface area contributed by atoms with Gasteiger partial charge in [-0.25, -0.2) is 4.68 Å². The average molecular weight is 423 g/mol. The smallest absolute Gasteiger partial charge is 0.150 e. The van der Waals surface area contributed by atoms with E-state index >= 15 is 0 Å². The Balaban J connectivity index is 1.54. The van der Waals surface area contributed by atoms with Gasteiger partial charge in [-0.05, 0) is 59.2 Å². The van der Waals surface area contributed by atoms with Crippen molar-refractivity contribution in [1.29, 1.82) is 0 Å². The highest BCUT2D eigenvalue weighted by Gasteiger charge is 2.44. The van der Waals surface area contributed by atoms with Gasteiger partial charge >= 0.3 is 0 Å². The van der Waals surface area contributed by atoms with Gasteiger partial charge in [0.1, 0.15) is 0 Å². The lowest BCUT2D eigenvalue weighted by Crippen LogP contribution is -2.18. The first-order valence-corrected chi connectivity index (χ1v) is 9.73. The van der Waals surface area contributed by atoms with Crippen molar-refractivity contribution in [3.8, 4) is 0 Å². The SMILES string of the molecule is Clc1cc2c(cnn2C2CCCCO2)c(Br)c1[C@H]1C[C@H]1c1cn[nH]n1. The monoisotopic (exact) mass is 421 g/mol. The van der Waals surface area contributed by atoms with E-state index in [2.05, 4.69) is 36.4 Å². The Bertz CT molecular complexity index is 919. The van der Waals surface area contributed by atoms with Crippen LogP contribution in [-0.2, 0) is 4.74 Å². The van der Waals surface area contributed by atoms with Crippen molar-refractivity contribution in [2.45, 2.75) is 43.7 Å². The largest absolute Gasteiger partial charge is 0.356 e. The number of aromatic nitrogens is 5. The lowest BCUT2D eigenvalue weighted by atomic mass is 10.1. The molecule has 1 saturated carbocycles. The number of halogens is 2. The molecule has 1 aliphatic heterocycles. The van der Waals surface area contributed by atoms with E-state index in [-0.39, 0.29) is 6.23 Å². The van der Waals surface area contributed by atoms with Crippen molar-refractivity contribution in [1.82, 2.24) is 25.2 Å². The molecule has 0 amide bonds. The number of benzene rings is 1. The third kappa shape index (κ3) is 2.60. The van der Waals surface area contributed by atoms with E-state index in [1.54, 1.807) is 6.20 Å². The first-order valence-electron chi connectivity index (χ1n) is 8.56. The molecule has 1 N–H and O–H groups in total. The molecule has 0 radical (unpaired) electrons. The van der Waals surface area contributed by atoms with E-state index < -0.39 is 0 Å². The second-order valence-corrected chi connectivity index (χ2v) is 7.97. The molecular weight excluding hydrogens is 406 g/mol. The fraction of sp³-hybridized carbons (Fsp3) is 0.471. The van der Waals surface area contributed by atoms with Crippen molar-refractivity contribution in [2.75, 3.05) is 6.61 Å². The van der Waals surface area contributed by atoms with Crippen molar-refractivity contribution in [2.24, 2.45) is 0 Å². The van der Waals surface area contributed by atoms with Crippen molar-refractivity contribution >= 4 is 38.4 Å². The van der Waals surface area contributed by atoms with Gasteiger partial charge in [-0.2, -0.15) is 20.5 Å². The second kappa shape index (κ2) is 6.07. The fourth-order valence-electron chi connectivity index (χ4n) is 3.85.